The Labute approximate surface area is 97.7 Å². The van der Waals surface area contributed by atoms with Crippen LogP contribution in [0.15, 0.2) is 18.2 Å². The molecule has 0 aliphatic heterocycles. The van der Waals surface area contributed by atoms with Crippen LogP contribution in [0.25, 0.3) is 16.6 Å². The minimum atomic E-state index is 0.254. The number of fused-ring (bicyclic) bond motifs is 5. The van der Waals surface area contributed by atoms with Crippen molar-refractivity contribution < 1.29 is 4.79 Å². The molecular formula is C13H11N3O. The van der Waals surface area contributed by atoms with Crippen molar-refractivity contribution in [2.75, 3.05) is 0 Å². The highest BCUT2D eigenvalue weighted by atomic mass is 16.1. The number of carbonyl (C=O) groups excluding carboxylic acids is 1. The monoisotopic (exact) mass is 225 g/mol. The minimum absolute atomic E-state index is 0.254. The molecule has 1 unspecified atom stereocenters. The van der Waals surface area contributed by atoms with Gasteiger partial charge in [0.2, 0.25) is 0 Å². The fourth-order valence-electron chi connectivity index (χ4n) is 3.04. The molecule has 1 N–H and O–H groups in total. The maximum atomic E-state index is 11.5. The number of nitrogens with zero attached hydrogens (tertiary/aromatic N) is 2. The van der Waals surface area contributed by atoms with Gasteiger partial charge >= 0.3 is 0 Å². The first-order valence-electron chi connectivity index (χ1n) is 5.90. The van der Waals surface area contributed by atoms with Gasteiger partial charge in [0.05, 0.1) is 5.52 Å². The zero-order chi connectivity index (χ0) is 11.4. The zero-order valence-electron chi connectivity index (χ0n) is 9.23. The molecule has 2 aliphatic carbocycles. The predicted molar refractivity (Wildman–Crippen MR) is 63.3 cm³/mol. The Morgan fingerprint density at radius 2 is 2.29 bits per heavy atom. The Kier molecular flexibility index (Phi) is 1.62. The second-order valence-electron chi connectivity index (χ2n) is 4.81. The highest BCUT2D eigenvalue weighted by molar-refractivity contribution is 6.01. The highest BCUT2D eigenvalue weighted by Crippen LogP contribution is 2.43. The van der Waals surface area contributed by atoms with Crippen LogP contribution in [0.5, 0.6) is 0 Å². The van der Waals surface area contributed by atoms with Crippen LogP contribution in [0.3, 0.4) is 0 Å². The fourth-order valence-corrected chi connectivity index (χ4v) is 3.04. The second-order valence-corrected chi connectivity index (χ2v) is 4.81. The summed E-state index contributed by atoms with van der Waals surface area (Å²) in [7, 11) is 0. The highest BCUT2D eigenvalue weighted by Gasteiger charge is 2.32. The summed E-state index contributed by atoms with van der Waals surface area (Å²) in [4.78, 5) is 11.5. The maximum Gasteiger partial charge on any atom is 0.156 e. The topological polar surface area (TPSA) is 58.6 Å². The van der Waals surface area contributed by atoms with E-state index < -0.39 is 0 Å². The number of rotatable bonds is 0. The van der Waals surface area contributed by atoms with Gasteiger partial charge in [-0.15, -0.1) is 5.10 Å². The molecule has 2 aromatic rings. The van der Waals surface area contributed by atoms with E-state index in [9.17, 15) is 4.79 Å². The minimum Gasteiger partial charge on any atom is -0.295 e. The van der Waals surface area contributed by atoms with Gasteiger partial charge in [0.1, 0.15) is 5.52 Å². The SMILES string of the molecule is O=C1C=C2c3ccc4[nH]nnc4c3CC2CC1. The number of benzene rings is 1. The van der Waals surface area contributed by atoms with Gasteiger partial charge in [0, 0.05) is 6.42 Å². The van der Waals surface area contributed by atoms with E-state index >= 15 is 0 Å². The van der Waals surface area contributed by atoms with Gasteiger partial charge in [-0.3, -0.25) is 9.89 Å². The first kappa shape index (κ1) is 9.10. The summed E-state index contributed by atoms with van der Waals surface area (Å²) in [5.41, 5.74) is 5.60. The molecule has 84 valence electrons. The van der Waals surface area contributed by atoms with Crippen LogP contribution in [-0.4, -0.2) is 21.2 Å². The Balaban J connectivity index is 2.00. The molecule has 2 aliphatic rings. The normalized spacial score (nSPS) is 22.5. The maximum absolute atomic E-state index is 11.5. The third-order valence-corrected chi connectivity index (χ3v) is 3.86. The standard InChI is InChI=1S/C13H11N3O/c17-8-2-1-7-5-11-9(10(7)6-8)3-4-12-13(11)15-16-14-12/h3-4,6-7H,1-2,5H2,(H,14,15,16). The van der Waals surface area contributed by atoms with Crippen LogP contribution in [0.4, 0.5) is 0 Å². The van der Waals surface area contributed by atoms with E-state index in [1.807, 2.05) is 12.1 Å². The predicted octanol–water partition coefficient (Wildman–Crippen LogP) is 1.88. The summed E-state index contributed by atoms with van der Waals surface area (Å²) in [5.74, 6) is 0.759. The van der Waals surface area contributed by atoms with Crippen molar-refractivity contribution in [3.05, 3.63) is 29.3 Å². The van der Waals surface area contributed by atoms with Crippen LogP contribution < -0.4 is 0 Å². The lowest BCUT2D eigenvalue weighted by Gasteiger charge is -2.15. The van der Waals surface area contributed by atoms with Gasteiger partial charge in [-0.2, -0.15) is 0 Å². The Hall–Kier alpha value is -1.97. The Morgan fingerprint density at radius 3 is 3.24 bits per heavy atom. The molecule has 0 fully saturated rings. The first-order chi connectivity index (χ1) is 8.33. The summed E-state index contributed by atoms with van der Waals surface area (Å²) in [6.45, 7) is 0. The molecule has 4 nitrogen and oxygen atoms in total. The molecule has 0 radical (unpaired) electrons. The van der Waals surface area contributed by atoms with Crippen LogP contribution in [0.2, 0.25) is 0 Å². The van der Waals surface area contributed by atoms with Crippen LogP contribution in [0, 0.1) is 5.92 Å². The van der Waals surface area contributed by atoms with Crippen molar-refractivity contribution in [3.63, 3.8) is 0 Å². The molecule has 0 saturated carbocycles. The number of aromatic amines is 1. The van der Waals surface area contributed by atoms with Gasteiger partial charge in [-0.1, -0.05) is 11.3 Å². The van der Waals surface area contributed by atoms with E-state index in [0.29, 0.717) is 12.3 Å². The summed E-state index contributed by atoms with van der Waals surface area (Å²) in [5, 5.41) is 10.9. The first-order valence-corrected chi connectivity index (χ1v) is 5.90. The second kappa shape index (κ2) is 3.03. The van der Waals surface area contributed by atoms with E-state index in [-0.39, 0.29) is 5.78 Å². The smallest absolute Gasteiger partial charge is 0.156 e. The Bertz CT molecular complexity index is 668. The van der Waals surface area contributed by atoms with E-state index in [4.69, 9.17) is 0 Å². The summed E-state index contributed by atoms with van der Waals surface area (Å²) in [6.07, 6.45) is 4.48. The molecule has 17 heavy (non-hydrogen) atoms. The van der Waals surface area contributed by atoms with Crippen molar-refractivity contribution in [2.24, 2.45) is 5.92 Å². The van der Waals surface area contributed by atoms with Gasteiger partial charge in [-0.25, -0.2) is 0 Å². The van der Waals surface area contributed by atoms with Crippen LogP contribution >= 0.6 is 0 Å². The number of nitrogens with one attached hydrogen (secondary N) is 1. The average molecular weight is 225 g/mol. The van der Waals surface area contributed by atoms with Gasteiger partial charge in [0.25, 0.3) is 0 Å². The summed E-state index contributed by atoms with van der Waals surface area (Å²) < 4.78 is 0. The summed E-state index contributed by atoms with van der Waals surface area (Å²) in [6, 6.07) is 4.08. The van der Waals surface area contributed by atoms with E-state index in [1.165, 1.54) is 16.7 Å². The van der Waals surface area contributed by atoms with E-state index in [0.717, 1.165) is 23.9 Å². The lowest BCUT2D eigenvalue weighted by Crippen LogP contribution is -2.09. The third-order valence-electron chi connectivity index (χ3n) is 3.86. The quantitative estimate of drug-likeness (QED) is 0.744. The van der Waals surface area contributed by atoms with Crippen molar-refractivity contribution in [1.82, 2.24) is 15.4 Å². The molecule has 0 saturated heterocycles. The Morgan fingerprint density at radius 1 is 1.35 bits per heavy atom. The van der Waals surface area contributed by atoms with Gasteiger partial charge in [0.15, 0.2) is 5.78 Å². The number of aromatic nitrogens is 3. The van der Waals surface area contributed by atoms with Crippen molar-refractivity contribution in [3.8, 4) is 0 Å². The van der Waals surface area contributed by atoms with E-state index in [2.05, 4.69) is 21.5 Å². The molecule has 0 bridgehead atoms. The molecule has 1 heterocycles. The zero-order valence-corrected chi connectivity index (χ0v) is 9.23. The van der Waals surface area contributed by atoms with Crippen molar-refractivity contribution >= 4 is 22.4 Å². The third kappa shape index (κ3) is 1.15. The number of H-pyrrole nitrogens is 1. The van der Waals surface area contributed by atoms with E-state index in [1.54, 1.807) is 0 Å². The van der Waals surface area contributed by atoms with Crippen molar-refractivity contribution in [2.45, 2.75) is 19.3 Å². The summed E-state index contributed by atoms with van der Waals surface area (Å²) >= 11 is 0. The molecule has 4 heteroatoms. The lowest BCUT2D eigenvalue weighted by molar-refractivity contribution is -0.115. The fraction of sp³-hybridized carbons (Fsp3) is 0.308. The molecule has 1 aromatic carbocycles. The van der Waals surface area contributed by atoms with Crippen molar-refractivity contribution in [1.29, 1.82) is 0 Å². The van der Waals surface area contributed by atoms with Gasteiger partial charge < -0.3 is 0 Å². The molecule has 0 spiro atoms. The number of hydrogen-bond acceptors (Lipinski definition) is 3. The lowest BCUT2D eigenvalue weighted by atomic mass is 9.88. The van der Waals surface area contributed by atoms with Gasteiger partial charge in [-0.05, 0) is 47.6 Å². The molecule has 4 rings (SSSR count). The molecule has 1 atom stereocenters. The molecule has 0 amide bonds. The number of carbonyl (C=O) groups is 1. The van der Waals surface area contributed by atoms with Crippen LogP contribution in [-0.2, 0) is 11.2 Å². The number of allylic oxidation sites excluding steroid dienone is 2. The number of ketones is 1. The molecular weight excluding hydrogens is 214 g/mol. The van der Waals surface area contributed by atoms with Crippen LogP contribution in [0.1, 0.15) is 24.0 Å². The average Bonchev–Trinajstić information content (AvgIpc) is 2.91. The molecule has 1 aromatic heterocycles. The number of hydrogen-bond donors (Lipinski definition) is 1. The largest absolute Gasteiger partial charge is 0.295 e.